The smallest absolute Gasteiger partial charge is 0.306 e. The zero-order valence-electron chi connectivity index (χ0n) is 14.2. The van der Waals surface area contributed by atoms with E-state index < -0.39 is 17.5 Å². The maximum atomic E-state index is 13.8. The van der Waals surface area contributed by atoms with Gasteiger partial charge >= 0.3 is 5.97 Å². The molecule has 2 aliphatic rings. The molecule has 1 saturated heterocycles. The monoisotopic (exact) mass is 349 g/mol. The molecule has 1 unspecified atom stereocenters. The Hall–Kier alpha value is -1.95. The van der Waals surface area contributed by atoms with Gasteiger partial charge in [-0.1, -0.05) is 31.4 Å². The molecule has 1 atom stereocenters. The van der Waals surface area contributed by atoms with Gasteiger partial charge in [-0.15, -0.1) is 0 Å². The number of carbonyl (C=O) groups is 2. The number of carboxylic acids is 1. The third-order valence-electron chi connectivity index (χ3n) is 5.32. The summed E-state index contributed by atoms with van der Waals surface area (Å²) < 4.78 is 19.3. The standard InChI is InChI=1S/C19H24FNO4/c20-15-6-4-5-14(11-15)19(7-2-1-3-8-19)18(24)21-9-10-25-16(13-21)12-17(22)23/h4-6,11,16H,1-3,7-10,12-13H2,(H,22,23). The van der Waals surface area contributed by atoms with Crippen molar-refractivity contribution in [1.29, 1.82) is 0 Å². The van der Waals surface area contributed by atoms with E-state index >= 15 is 0 Å². The van der Waals surface area contributed by atoms with E-state index in [9.17, 15) is 14.0 Å². The summed E-state index contributed by atoms with van der Waals surface area (Å²) in [4.78, 5) is 26.1. The number of carboxylic acid groups (broad SMARTS) is 1. The third-order valence-corrected chi connectivity index (χ3v) is 5.32. The Balaban J connectivity index is 1.86. The van der Waals surface area contributed by atoms with E-state index in [0.29, 0.717) is 26.0 Å². The first-order valence-corrected chi connectivity index (χ1v) is 8.90. The van der Waals surface area contributed by atoms with Crippen molar-refractivity contribution in [3.8, 4) is 0 Å². The number of ether oxygens (including phenoxy) is 1. The van der Waals surface area contributed by atoms with Crippen molar-refractivity contribution in [2.24, 2.45) is 0 Å². The first-order chi connectivity index (χ1) is 12.0. The van der Waals surface area contributed by atoms with Gasteiger partial charge in [0.25, 0.3) is 0 Å². The van der Waals surface area contributed by atoms with Crippen LogP contribution in [0.25, 0.3) is 0 Å². The van der Waals surface area contributed by atoms with Crippen LogP contribution in [0.3, 0.4) is 0 Å². The van der Waals surface area contributed by atoms with Crippen LogP contribution in [-0.4, -0.2) is 47.7 Å². The minimum absolute atomic E-state index is 0.0171. The molecule has 1 aromatic carbocycles. The zero-order valence-corrected chi connectivity index (χ0v) is 14.2. The number of aliphatic carboxylic acids is 1. The van der Waals surface area contributed by atoms with E-state index in [1.807, 2.05) is 6.07 Å². The summed E-state index contributed by atoms with van der Waals surface area (Å²) in [7, 11) is 0. The number of halogens is 1. The van der Waals surface area contributed by atoms with Gasteiger partial charge < -0.3 is 14.7 Å². The van der Waals surface area contributed by atoms with Crippen molar-refractivity contribution >= 4 is 11.9 Å². The normalized spacial score (nSPS) is 23.2. The number of carbonyl (C=O) groups excluding carboxylic acids is 1. The van der Waals surface area contributed by atoms with Gasteiger partial charge in [0.2, 0.25) is 5.91 Å². The van der Waals surface area contributed by atoms with Gasteiger partial charge in [0.1, 0.15) is 5.82 Å². The van der Waals surface area contributed by atoms with Gasteiger partial charge in [-0.25, -0.2) is 4.39 Å². The second-order valence-corrected chi connectivity index (χ2v) is 6.99. The average Bonchev–Trinajstić information content (AvgIpc) is 2.61. The number of amides is 1. The molecule has 0 spiro atoms. The predicted molar refractivity (Wildman–Crippen MR) is 89.7 cm³/mol. The largest absolute Gasteiger partial charge is 0.481 e. The van der Waals surface area contributed by atoms with Crippen molar-refractivity contribution in [3.05, 3.63) is 35.6 Å². The Morgan fingerprint density at radius 2 is 2.04 bits per heavy atom. The number of nitrogens with zero attached hydrogens (tertiary/aromatic N) is 1. The lowest BCUT2D eigenvalue weighted by atomic mass is 9.68. The fourth-order valence-electron chi connectivity index (χ4n) is 4.09. The molecule has 1 aliphatic heterocycles. The molecule has 2 fully saturated rings. The molecule has 0 radical (unpaired) electrons. The average molecular weight is 349 g/mol. The molecule has 1 amide bonds. The summed E-state index contributed by atoms with van der Waals surface area (Å²) in [5.74, 6) is -1.28. The van der Waals surface area contributed by atoms with Crippen LogP contribution in [0.1, 0.15) is 44.1 Å². The summed E-state index contributed by atoms with van der Waals surface area (Å²) in [5, 5.41) is 8.97. The van der Waals surface area contributed by atoms with Gasteiger partial charge in [-0.05, 0) is 30.5 Å². The fraction of sp³-hybridized carbons (Fsp3) is 0.579. The maximum absolute atomic E-state index is 13.8. The van der Waals surface area contributed by atoms with Crippen LogP contribution in [-0.2, 0) is 19.7 Å². The van der Waals surface area contributed by atoms with Crippen LogP contribution in [0.4, 0.5) is 4.39 Å². The third kappa shape index (κ3) is 3.84. The lowest BCUT2D eigenvalue weighted by Gasteiger charge is -2.42. The number of hydrogen-bond acceptors (Lipinski definition) is 3. The molecule has 1 aromatic rings. The predicted octanol–water partition coefficient (Wildman–Crippen LogP) is 2.73. The minimum atomic E-state index is -0.934. The summed E-state index contributed by atoms with van der Waals surface area (Å²) in [6.07, 6.45) is 3.76. The molecule has 1 heterocycles. The number of rotatable bonds is 4. The maximum Gasteiger partial charge on any atom is 0.306 e. The van der Waals surface area contributed by atoms with Gasteiger partial charge in [-0.3, -0.25) is 9.59 Å². The number of hydrogen-bond donors (Lipinski definition) is 1. The van der Waals surface area contributed by atoms with Crippen LogP contribution in [0, 0.1) is 5.82 Å². The molecule has 0 aromatic heterocycles. The summed E-state index contributed by atoms with van der Waals surface area (Å²) >= 11 is 0. The van der Waals surface area contributed by atoms with E-state index in [-0.39, 0.29) is 24.7 Å². The van der Waals surface area contributed by atoms with Gasteiger partial charge in [0.15, 0.2) is 0 Å². The van der Waals surface area contributed by atoms with Crippen molar-refractivity contribution in [1.82, 2.24) is 4.90 Å². The van der Waals surface area contributed by atoms with Crippen LogP contribution < -0.4 is 0 Å². The van der Waals surface area contributed by atoms with Crippen molar-refractivity contribution in [2.75, 3.05) is 19.7 Å². The Bertz CT molecular complexity index is 642. The van der Waals surface area contributed by atoms with Crippen LogP contribution in [0.5, 0.6) is 0 Å². The second kappa shape index (κ2) is 7.52. The lowest BCUT2D eigenvalue weighted by Crippen LogP contribution is -2.54. The quantitative estimate of drug-likeness (QED) is 0.908. The number of benzene rings is 1. The fourth-order valence-corrected chi connectivity index (χ4v) is 4.09. The lowest BCUT2D eigenvalue weighted by molar-refractivity contribution is -0.151. The van der Waals surface area contributed by atoms with Crippen molar-refractivity contribution in [3.63, 3.8) is 0 Å². The molecule has 1 N–H and O–H groups in total. The summed E-state index contributed by atoms with van der Waals surface area (Å²) in [6, 6.07) is 6.35. The van der Waals surface area contributed by atoms with Gasteiger partial charge in [0, 0.05) is 13.1 Å². The van der Waals surface area contributed by atoms with Crippen molar-refractivity contribution < 1.29 is 23.8 Å². The summed E-state index contributed by atoms with van der Waals surface area (Å²) in [6.45, 7) is 1.07. The van der Waals surface area contributed by atoms with Crippen LogP contribution >= 0.6 is 0 Å². The molecule has 3 rings (SSSR count). The molecule has 1 saturated carbocycles. The Morgan fingerprint density at radius 1 is 1.28 bits per heavy atom. The van der Waals surface area contributed by atoms with E-state index in [4.69, 9.17) is 9.84 Å². The highest BCUT2D eigenvalue weighted by Gasteiger charge is 2.44. The highest BCUT2D eigenvalue weighted by Crippen LogP contribution is 2.41. The summed E-state index contributed by atoms with van der Waals surface area (Å²) in [5.41, 5.74) is 0.0318. The number of morpholine rings is 1. The van der Waals surface area contributed by atoms with Crippen molar-refractivity contribution in [2.45, 2.75) is 50.0 Å². The SMILES string of the molecule is O=C(O)CC1CN(C(=O)C2(c3cccc(F)c3)CCCCC2)CCO1. The van der Waals surface area contributed by atoms with E-state index in [0.717, 1.165) is 24.8 Å². The first-order valence-electron chi connectivity index (χ1n) is 8.90. The zero-order chi connectivity index (χ0) is 17.9. The molecular formula is C19H24FNO4. The van der Waals surface area contributed by atoms with Gasteiger partial charge in [-0.2, -0.15) is 0 Å². The Morgan fingerprint density at radius 3 is 2.72 bits per heavy atom. The highest BCUT2D eigenvalue weighted by molar-refractivity contribution is 5.88. The minimum Gasteiger partial charge on any atom is -0.481 e. The topological polar surface area (TPSA) is 66.8 Å². The van der Waals surface area contributed by atoms with E-state index in [1.165, 1.54) is 12.1 Å². The second-order valence-electron chi connectivity index (χ2n) is 6.99. The molecule has 0 bridgehead atoms. The van der Waals surface area contributed by atoms with E-state index in [2.05, 4.69) is 0 Å². The molecule has 5 nitrogen and oxygen atoms in total. The molecular weight excluding hydrogens is 325 g/mol. The van der Waals surface area contributed by atoms with E-state index in [1.54, 1.807) is 11.0 Å². The Labute approximate surface area is 146 Å². The van der Waals surface area contributed by atoms with Crippen LogP contribution in [0.2, 0.25) is 0 Å². The molecule has 25 heavy (non-hydrogen) atoms. The van der Waals surface area contributed by atoms with Crippen LogP contribution in [0.15, 0.2) is 24.3 Å². The highest BCUT2D eigenvalue weighted by atomic mass is 19.1. The molecule has 6 heteroatoms. The molecule has 1 aliphatic carbocycles. The Kier molecular flexibility index (Phi) is 5.37. The molecule has 136 valence electrons. The first kappa shape index (κ1) is 17.9. The van der Waals surface area contributed by atoms with Gasteiger partial charge in [0.05, 0.1) is 24.5 Å².